The van der Waals surface area contributed by atoms with Crippen LogP contribution in [0, 0.1) is 5.92 Å². The van der Waals surface area contributed by atoms with Gasteiger partial charge in [0, 0.05) is 12.2 Å². The molecule has 178 valence electrons. The first-order chi connectivity index (χ1) is 14.3. The smallest absolute Gasteiger partial charge is 0.328 e. The van der Waals surface area contributed by atoms with Crippen LogP contribution in [0.25, 0.3) is 0 Å². The molecule has 0 saturated heterocycles. The maximum absolute atomic E-state index is 12.7. The molecule has 0 bridgehead atoms. The van der Waals surface area contributed by atoms with Crippen LogP contribution in [0.1, 0.15) is 40.0 Å². The van der Waals surface area contributed by atoms with Crippen molar-refractivity contribution < 1.29 is 39.3 Å². The average Bonchev–Trinajstić information content (AvgIpc) is 2.66. The van der Waals surface area contributed by atoms with Gasteiger partial charge in [-0.1, -0.05) is 13.8 Å². The number of thiol groups is 1. The molecule has 0 fully saturated rings. The number of nitrogens with one attached hydrogen (secondary N) is 3. The third-order valence-corrected chi connectivity index (χ3v) is 4.59. The zero-order valence-corrected chi connectivity index (χ0v) is 18.6. The minimum atomic E-state index is -1.59. The van der Waals surface area contributed by atoms with Crippen LogP contribution < -0.4 is 21.7 Å². The highest BCUT2D eigenvalue weighted by Gasteiger charge is 2.32. The SMILES string of the molecule is CC(C)CC(NC(=O)C(CCC(=O)O)NC(=O)C(N)CS)C(=O)NC(C(=O)O)C(C)O. The molecule has 8 N–H and O–H groups in total. The molecule has 0 aliphatic heterocycles. The van der Waals surface area contributed by atoms with E-state index in [1.54, 1.807) is 13.8 Å². The summed E-state index contributed by atoms with van der Waals surface area (Å²) in [7, 11) is 0. The topological polar surface area (TPSA) is 208 Å². The Kier molecular flexibility index (Phi) is 12.8. The number of aliphatic hydroxyl groups is 1. The summed E-state index contributed by atoms with van der Waals surface area (Å²) >= 11 is 3.90. The number of carboxylic acids is 2. The van der Waals surface area contributed by atoms with Crippen molar-refractivity contribution in [1.29, 1.82) is 0 Å². The predicted octanol–water partition coefficient (Wildman–Crippen LogP) is -1.93. The second-order valence-corrected chi connectivity index (χ2v) is 7.90. The van der Waals surface area contributed by atoms with Gasteiger partial charge < -0.3 is 37.0 Å². The normalized spacial score (nSPS) is 15.8. The maximum atomic E-state index is 12.7. The van der Waals surface area contributed by atoms with Gasteiger partial charge in [0.25, 0.3) is 0 Å². The van der Waals surface area contributed by atoms with Gasteiger partial charge in [-0.2, -0.15) is 12.6 Å². The van der Waals surface area contributed by atoms with Gasteiger partial charge in [-0.05, 0) is 25.7 Å². The summed E-state index contributed by atoms with van der Waals surface area (Å²) in [4.78, 5) is 59.5. The molecule has 13 heteroatoms. The van der Waals surface area contributed by atoms with Crippen LogP contribution in [-0.2, 0) is 24.0 Å². The number of rotatable bonds is 14. The Labute approximate surface area is 185 Å². The van der Waals surface area contributed by atoms with Gasteiger partial charge in [0.1, 0.15) is 12.1 Å². The van der Waals surface area contributed by atoms with Crippen molar-refractivity contribution in [3.05, 3.63) is 0 Å². The van der Waals surface area contributed by atoms with Crippen LogP contribution in [0.4, 0.5) is 0 Å². The number of amides is 3. The van der Waals surface area contributed by atoms with Crippen molar-refractivity contribution in [1.82, 2.24) is 16.0 Å². The lowest BCUT2D eigenvalue weighted by molar-refractivity contribution is -0.145. The summed E-state index contributed by atoms with van der Waals surface area (Å²) in [6.45, 7) is 4.73. The molecule has 0 radical (unpaired) electrons. The van der Waals surface area contributed by atoms with E-state index in [1.807, 2.05) is 0 Å². The van der Waals surface area contributed by atoms with E-state index in [9.17, 15) is 29.1 Å². The summed E-state index contributed by atoms with van der Waals surface area (Å²) in [5, 5.41) is 34.5. The van der Waals surface area contributed by atoms with Crippen molar-refractivity contribution in [3.8, 4) is 0 Å². The van der Waals surface area contributed by atoms with E-state index in [4.69, 9.17) is 15.9 Å². The molecule has 0 heterocycles. The number of hydrogen-bond donors (Lipinski definition) is 8. The largest absolute Gasteiger partial charge is 0.481 e. The molecule has 5 atom stereocenters. The van der Waals surface area contributed by atoms with E-state index in [-0.39, 0.29) is 24.5 Å². The van der Waals surface area contributed by atoms with Crippen LogP contribution in [0.3, 0.4) is 0 Å². The van der Waals surface area contributed by atoms with Gasteiger partial charge in [-0.15, -0.1) is 0 Å². The Morgan fingerprint density at radius 3 is 1.84 bits per heavy atom. The number of aliphatic carboxylic acids is 2. The number of carbonyl (C=O) groups excluding carboxylic acids is 3. The monoisotopic (exact) mass is 464 g/mol. The molecular weight excluding hydrogens is 432 g/mol. The summed E-state index contributed by atoms with van der Waals surface area (Å²) in [6.07, 6.45) is -1.95. The van der Waals surface area contributed by atoms with Gasteiger partial charge >= 0.3 is 11.9 Å². The Morgan fingerprint density at radius 1 is 0.903 bits per heavy atom. The summed E-state index contributed by atoms with van der Waals surface area (Å²) in [6, 6.07) is -5.09. The highest BCUT2D eigenvalue weighted by Crippen LogP contribution is 2.08. The first kappa shape index (κ1) is 28.6. The third-order valence-electron chi connectivity index (χ3n) is 4.20. The third kappa shape index (κ3) is 11.0. The summed E-state index contributed by atoms with van der Waals surface area (Å²) in [5.41, 5.74) is 5.57. The number of aliphatic hydroxyl groups excluding tert-OH is 1. The Bertz CT molecular complexity index is 658. The van der Waals surface area contributed by atoms with Crippen molar-refractivity contribution in [2.45, 2.75) is 70.3 Å². The number of hydrogen-bond acceptors (Lipinski definition) is 8. The minimum Gasteiger partial charge on any atom is -0.481 e. The van der Waals surface area contributed by atoms with Crippen molar-refractivity contribution in [3.63, 3.8) is 0 Å². The van der Waals surface area contributed by atoms with E-state index < -0.39 is 66.4 Å². The first-order valence-corrected chi connectivity index (χ1v) is 10.3. The maximum Gasteiger partial charge on any atom is 0.328 e. The molecule has 12 nitrogen and oxygen atoms in total. The van der Waals surface area contributed by atoms with Crippen LogP contribution in [0.5, 0.6) is 0 Å². The molecule has 0 aliphatic carbocycles. The second kappa shape index (κ2) is 13.8. The first-order valence-electron chi connectivity index (χ1n) is 9.70. The van der Waals surface area contributed by atoms with Crippen LogP contribution in [0.2, 0.25) is 0 Å². The average molecular weight is 465 g/mol. The fraction of sp³-hybridized carbons (Fsp3) is 0.722. The van der Waals surface area contributed by atoms with Crippen LogP contribution in [0.15, 0.2) is 0 Å². The van der Waals surface area contributed by atoms with Gasteiger partial charge in [-0.25, -0.2) is 4.79 Å². The minimum absolute atomic E-state index is 0.00654. The second-order valence-electron chi connectivity index (χ2n) is 7.54. The van der Waals surface area contributed by atoms with E-state index in [2.05, 4.69) is 28.6 Å². The highest BCUT2D eigenvalue weighted by molar-refractivity contribution is 7.80. The summed E-state index contributed by atoms with van der Waals surface area (Å²) < 4.78 is 0. The van der Waals surface area contributed by atoms with Gasteiger partial charge in [-0.3, -0.25) is 19.2 Å². The van der Waals surface area contributed by atoms with E-state index in [1.165, 1.54) is 6.92 Å². The lowest BCUT2D eigenvalue weighted by Crippen LogP contribution is -2.58. The van der Waals surface area contributed by atoms with E-state index in [0.29, 0.717) is 0 Å². The zero-order valence-electron chi connectivity index (χ0n) is 17.7. The van der Waals surface area contributed by atoms with Crippen LogP contribution in [-0.4, -0.2) is 81.0 Å². The predicted molar refractivity (Wildman–Crippen MR) is 113 cm³/mol. The molecule has 31 heavy (non-hydrogen) atoms. The van der Waals surface area contributed by atoms with Gasteiger partial charge in [0.05, 0.1) is 12.1 Å². The number of carboxylic acid groups (broad SMARTS) is 2. The molecular formula is C18H32N4O8S. The molecule has 5 unspecified atom stereocenters. The molecule has 0 saturated carbocycles. The molecule has 0 aromatic heterocycles. The fourth-order valence-electron chi connectivity index (χ4n) is 2.52. The van der Waals surface area contributed by atoms with Crippen molar-refractivity contribution >= 4 is 42.3 Å². The zero-order chi connectivity index (χ0) is 24.3. The van der Waals surface area contributed by atoms with Gasteiger partial charge in [0.2, 0.25) is 17.7 Å². The Morgan fingerprint density at radius 2 is 1.42 bits per heavy atom. The molecule has 0 aromatic rings. The molecule has 0 aromatic carbocycles. The van der Waals surface area contributed by atoms with Crippen molar-refractivity contribution in [2.75, 3.05) is 5.75 Å². The standard InChI is InChI=1S/C18H32N4O8S/c1-8(2)6-12(17(28)22-14(9(3)23)18(29)30)21-16(27)11(4-5-13(24)25)20-15(26)10(19)7-31/h8-12,14,23,31H,4-7,19H2,1-3H3,(H,20,26)(H,21,27)(H,22,28)(H,24,25)(H,29,30). The van der Waals surface area contributed by atoms with Gasteiger partial charge in [0.15, 0.2) is 6.04 Å². The fourth-order valence-corrected chi connectivity index (χ4v) is 2.68. The molecule has 3 amide bonds. The quantitative estimate of drug-likeness (QED) is 0.134. The van der Waals surface area contributed by atoms with E-state index >= 15 is 0 Å². The molecule has 0 aliphatic rings. The lowest BCUT2D eigenvalue weighted by atomic mass is 10.0. The summed E-state index contributed by atoms with van der Waals surface area (Å²) in [5.74, 6) is -5.13. The van der Waals surface area contributed by atoms with Crippen molar-refractivity contribution in [2.24, 2.45) is 11.7 Å². The van der Waals surface area contributed by atoms with Crippen LogP contribution >= 0.6 is 12.6 Å². The lowest BCUT2D eigenvalue weighted by Gasteiger charge is -2.26. The Hall–Kier alpha value is -2.38. The number of carbonyl (C=O) groups is 5. The molecule has 0 spiro atoms. The molecule has 0 rings (SSSR count). The Balaban J connectivity index is 5.51. The number of nitrogens with two attached hydrogens (primary N) is 1. The van der Waals surface area contributed by atoms with E-state index in [0.717, 1.165) is 0 Å². The highest BCUT2D eigenvalue weighted by atomic mass is 32.1.